The first-order valence-electron chi connectivity index (χ1n) is 7.21. The number of carbonyl (C=O) groups excluding carboxylic acids is 2. The zero-order chi connectivity index (χ0) is 17.3. The molecule has 0 aliphatic carbocycles. The van der Waals surface area contributed by atoms with Crippen LogP contribution in [0.3, 0.4) is 0 Å². The predicted molar refractivity (Wildman–Crippen MR) is 97.4 cm³/mol. The van der Waals surface area contributed by atoms with Gasteiger partial charge in [0.05, 0.1) is 22.9 Å². The van der Waals surface area contributed by atoms with E-state index in [9.17, 15) is 9.59 Å². The number of halogens is 3. The topological polar surface area (TPSA) is 46.6 Å². The first-order valence-corrected chi connectivity index (χ1v) is 8.76. The summed E-state index contributed by atoms with van der Waals surface area (Å²) in [6.45, 7) is 0.760. The van der Waals surface area contributed by atoms with Crippen molar-refractivity contribution < 1.29 is 14.3 Å². The molecular weight excluding hydrogens is 417 g/mol. The van der Waals surface area contributed by atoms with E-state index in [1.54, 1.807) is 0 Å². The predicted octanol–water partition coefficient (Wildman–Crippen LogP) is 4.75. The maximum absolute atomic E-state index is 12.2. The highest BCUT2D eigenvalue weighted by Crippen LogP contribution is 2.38. The van der Waals surface area contributed by atoms with Crippen molar-refractivity contribution in [1.29, 1.82) is 0 Å². The van der Waals surface area contributed by atoms with Crippen LogP contribution in [-0.4, -0.2) is 24.8 Å². The number of benzene rings is 2. The van der Waals surface area contributed by atoms with Gasteiger partial charge in [-0.1, -0.05) is 39.1 Å². The van der Waals surface area contributed by atoms with Crippen LogP contribution in [0, 0.1) is 0 Å². The number of carbonyl (C=O) groups is 2. The van der Waals surface area contributed by atoms with Crippen LogP contribution in [0.1, 0.15) is 16.8 Å². The van der Waals surface area contributed by atoms with Gasteiger partial charge in [-0.3, -0.25) is 9.59 Å². The first kappa shape index (κ1) is 17.3. The van der Waals surface area contributed by atoms with Gasteiger partial charge in [-0.15, -0.1) is 0 Å². The van der Waals surface area contributed by atoms with Crippen molar-refractivity contribution >= 4 is 56.5 Å². The molecule has 24 heavy (non-hydrogen) atoms. The second kappa shape index (κ2) is 7.13. The van der Waals surface area contributed by atoms with E-state index in [0.29, 0.717) is 35.3 Å². The Labute approximate surface area is 157 Å². The lowest BCUT2D eigenvalue weighted by Gasteiger charge is -2.18. The Morgan fingerprint density at radius 3 is 2.50 bits per heavy atom. The van der Waals surface area contributed by atoms with E-state index < -0.39 is 11.7 Å². The van der Waals surface area contributed by atoms with Crippen LogP contribution >= 0.6 is 39.1 Å². The Morgan fingerprint density at radius 1 is 1.08 bits per heavy atom. The minimum Gasteiger partial charge on any atom is -0.494 e. The summed E-state index contributed by atoms with van der Waals surface area (Å²) in [4.78, 5) is 25.6. The number of amides is 1. The van der Waals surface area contributed by atoms with Gasteiger partial charge in [0.15, 0.2) is 0 Å². The second-order valence-corrected chi connectivity index (χ2v) is 6.98. The van der Waals surface area contributed by atoms with Crippen molar-refractivity contribution in [3.05, 3.63) is 56.5 Å². The molecule has 3 rings (SSSR count). The van der Waals surface area contributed by atoms with Crippen LogP contribution in [0.2, 0.25) is 10.0 Å². The van der Waals surface area contributed by atoms with E-state index in [2.05, 4.69) is 15.9 Å². The van der Waals surface area contributed by atoms with E-state index in [1.807, 2.05) is 24.3 Å². The largest absolute Gasteiger partial charge is 0.494 e. The van der Waals surface area contributed by atoms with E-state index in [4.69, 9.17) is 27.9 Å². The lowest BCUT2D eigenvalue weighted by molar-refractivity contribution is -0.114. The molecule has 0 N–H and O–H groups in total. The number of hydrogen-bond acceptors (Lipinski definition) is 3. The second-order valence-electron chi connectivity index (χ2n) is 5.23. The number of Topliss-reactive ketones (excluding diaryl/α,β-unsaturated/α-hetero) is 1. The summed E-state index contributed by atoms with van der Waals surface area (Å²) >= 11 is 15.4. The molecule has 1 amide bonds. The average Bonchev–Trinajstić information content (AvgIpc) is 2.78. The summed E-state index contributed by atoms with van der Waals surface area (Å²) in [5.41, 5.74) is 0.686. The summed E-state index contributed by atoms with van der Waals surface area (Å²) in [5.74, 6) is -0.423. The fourth-order valence-electron chi connectivity index (χ4n) is 2.51. The molecular formula is C17H12BrCl2NO3. The van der Waals surface area contributed by atoms with Crippen molar-refractivity contribution in [1.82, 2.24) is 0 Å². The number of anilines is 1. The summed E-state index contributed by atoms with van der Waals surface area (Å²) in [6, 6.07) is 10.5. The Kier molecular flexibility index (Phi) is 5.13. The third kappa shape index (κ3) is 3.43. The van der Waals surface area contributed by atoms with Crippen molar-refractivity contribution in [2.24, 2.45) is 0 Å². The molecule has 1 aliphatic rings. The Balaban J connectivity index is 1.65. The van der Waals surface area contributed by atoms with E-state index in [-0.39, 0.29) is 5.56 Å². The Bertz CT molecular complexity index is 808. The van der Waals surface area contributed by atoms with Crippen LogP contribution in [0.5, 0.6) is 5.75 Å². The van der Waals surface area contributed by atoms with Gasteiger partial charge in [0.2, 0.25) is 0 Å². The molecule has 0 unspecified atom stereocenters. The van der Waals surface area contributed by atoms with E-state index in [1.165, 1.54) is 17.0 Å². The first-order chi connectivity index (χ1) is 11.5. The lowest BCUT2D eigenvalue weighted by Crippen LogP contribution is -2.31. The van der Waals surface area contributed by atoms with Gasteiger partial charge in [0.1, 0.15) is 5.75 Å². The fourth-order valence-corrected chi connectivity index (χ4v) is 3.37. The maximum Gasteiger partial charge on any atom is 0.299 e. The Hall–Kier alpha value is -1.56. The number of ether oxygens (including phenoxy) is 1. The van der Waals surface area contributed by atoms with Crippen LogP contribution in [-0.2, 0) is 4.79 Å². The van der Waals surface area contributed by atoms with Gasteiger partial charge in [0, 0.05) is 16.0 Å². The third-order valence-corrected chi connectivity index (χ3v) is 4.63. The number of rotatable bonds is 5. The zero-order valence-corrected chi connectivity index (χ0v) is 15.5. The van der Waals surface area contributed by atoms with Crippen molar-refractivity contribution in [3.63, 3.8) is 0 Å². The molecule has 0 fully saturated rings. The van der Waals surface area contributed by atoms with E-state index in [0.717, 1.165) is 10.2 Å². The molecule has 0 saturated carbocycles. The quantitative estimate of drug-likeness (QED) is 0.509. The molecule has 124 valence electrons. The highest BCUT2D eigenvalue weighted by Gasteiger charge is 2.37. The average molecular weight is 429 g/mol. The van der Waals surface area contributed by atoms with Crippen molar-refractivity contribution in [2.75, 3.05) is 18.1 Å². The molecule has 2 aromatic carbocycles. The van der Waals surface area contributed by atoms with Gasteiger partial charge < -0.3 is 9.64 Å². The number of fused-ring (bicyclic) bond motifs is 1. The van der Waals surface area contributed by atoms with E-state index >= 15 is 0 Å². The van der Waals surface area contributed by atoms with Crippen molar-refractivity contribution in [2.45, 2.75) is 6.42 Å². The molecule has 0 spiro atoms. The molecule has 1 heterocycles. The van der Waals surface area contributed by atoms with Crippen LogP contribution < -0.4 is 9.64 Å². The van der Waals surface area contributed by atoms with Gasteiger partial charge in [-0.25, -0.2) is 0 Å². The van der Waals surface area contributed by atoms with Gasteiger partial charge in [-0.2, -0.15) is 0 Å². The smallest absolute Gasteiger partial charge is 0.299 e. The maximum atomic E-state index is 12.2. The van der Waals surface area contributed by atoms with Gasteiger partial charge >= 0.3 is 0 Å². The lowest BCUT2D eigenvalue weighted by atomic mass is 10.1. The fraction of sp³-hybridized carbons (Fsp3) is 0.176. The number of hydrogen-bond donors (Lipinski definition) is 0. The minimum atomic E-state index is -0.585. The molecule has 7 heteroatoms. The number of ketones is 1. The zero-order valence-electron chi connectivity index (χ0n) is 12.4. The Morgan fingerprint density at radius 2 is 1.79 bits per heavy atom. The van der Waals surface area contributed by atoms with Crippen LogP contribution in [0.4, 0.5) is 5.69 Å². The normalized spacial score (nSPS) is 13.4. The summed E-state index contributed by atoms with van der Waals surface area (Å²) in [7, 11) is 0. The summed E-state index contributed by atoms with van der Waals surface area (Å²) in [6.07, 6.45) is 0.563. The molecule has 0 bridgehead atoms. The van der Waals surface area contributed by atoms with Gasteiger partial charge in [-0.05, 0) is 42.8 Å². The molecule has 0 saturated heterocycles. The monoisotopic (exact) mass is 427 g/mol. The molecule has 1 aliphatic heterocycles. The standard InChI is InChI=1S/C17H12BrCl2NO3/c18-10-2-4-12(5-3-10)24-7-1-6-21-15-13(16(22)17(21)23)8-11(19)9-14(15)20/h2-5,8-9H,1,6-7H2. The summed E-state index contributed by atoms with van der Waals surface area (Å²) in [5, 5.41) is 0.630. The summed E-state index contributed by atoms with van der Waals surface area (Å²) < 4.78 is 6.60. The molecule has 4 nitrogen and oxygen atoms in total. The van der Waals surface area contributed by atoms with Crippen LogP contribution in [0.15, 0.2) is 40.9 Å². The SMILES string of the molecule is O=C1C(=O)N(CCCOc2ccc(Br)cc2)c2c(Cl)cc(Cl)cc21. The minimum absolute atomic E-state index is 0.256. The third-order valence-electron chi connectivity index (χ3n) is 3.59. The molecule has 2 aromatic rings. The van der Waals surface area contributed by atoms with Gasteiger partial charge in [0.25, 0.3) is 11.7 Å². The molecule has 0 atom stereocenters. The number of nitrogens with zero attached hydrogens (tertiary/aromatic N) is 1. The molecule has 0 radical (unpaired) electrons. The molecule has 0 aromatic heterocycles. The van der Waals surface area contributed by atoms with Crippen molar-refractivity contribution in [3.8, 4) is 5.75 Å². The highest BCUT2D eigenvalue weighted by atomic mass is 79.9. The highest BCUT2D eigenvalue weighted by molar-refractivity contribution is 9.10. The van der Waals surface area contributed by atoms with Crippen LogP contribution in [0.25, 0.3) is 0 Å².